The highest BCUT2D eigenvalue weighted by molar-refractivity contribution is 5.85. The third kappa shape index (κ3) is 4.18. The normalized spacial score (nSPS) is 15.1. The lowest BCUT2D eigenvalue weighted by atomic mass is 9.98. The van der Waals surface area contributed by atoms with Gasteiger partial charge in [0.15, 0.2) is 0 Å². The van der Waals surface area contributed by atoms with Crippen LogP contribution in [0.1, 0.15) is 32.1 Å². The highest BCUT2D eigenvalue weighted by Crippen LogP contribution is 2.22. The summed E-state index contributed by atoms with van der Waals surface area (Å²) in [5.74, 6) is 0. The van der Waals surface area contributed by atoms with Crippen LogP contribution in [0.25, 0.3) is 11.3 Å². The number of aromatic amines is 1. The van der Waals surface area contributed by atoms with Crippen LogP contribution in [0.4, 0.5) is 10.5 Å². The van der Waals surface area contributed by atoms with Gasteiger partial charge in [0.05, 0.1) is 5.69 Å². The van der Waals surface area contributed by atoms with Gasteiger partial charge in [0.1, 0.15) is 6.10 Å². The third-order valence-corrected chi connectivity index (χ3v) is 3.93. The van der Waals surface area contributed by atoms with Gasteiger partial charge in [-0.05, 0) is 43.9 Å². The highest BCUT2D eigenvalue weighted by atomic mass is 16.6. The molecule has 2 aromatic rings. The molecular weight excluding hydrogens is 294 g/mol. The zero-order valence-corrected chi connectivity index (χ0v) is 12.7. The minimum atomic E-state index is -0.410. The van der Waals surface area contributed by atoms with Gasteiger partial charge in [-0.15, -0.1) is 0 Å². The van der Waals surface area contributed by atoms with E-state index in [1.807, 2.05) is 12.1 Å². The van der Waals surface area contributed by atoms with Crippen molar-refractivity contribution in [2.24, 2.45) is 0 Å². The van der Waals surface area contributed by atoms with Crippen molar-refractivity contribution < 1.29 is 9.53 Å². The van der Waals surface area contributed by atoms with Crippen molar-refractivity contribution in [1.29, 1.82) is 0 Å². The van der Waals surface area contributed by atoms with E-state index in [4.69, 9.17) is 4.74 Å². The lowest BCUT2D eigenvalue weighted by molar-refractivity contribution is 0.0865. The Morgan fingerprint density at radius 3 is 2.48 bits per heavy atom. The van der Waals surface area contributed by atoms with Gasteiger partial charge in [-0.25, -0.2) is 9.89 Å². The highest BCUT2D eigenvalue weighted by Gasteiger charge is 2.17. The van der Waals surface area contributed by atoms with Crippen LogP contribution in [0, 0.1) is 0 Å². The van der Waals surface area contributed by atoms with Crippen molar-refractivity contribution in [3.63, 3.8) is 0 Å². The summed E-state index contributed by atoms with van der Waals surface area (Å²) < 4.78 is 5.42. The lowest BCUT2D eigenvalue weighted by Gasteiger charge is -2.21. The predicted octanol–water partition coefficient (Wildman–Crippen LogP) is 3.32. The summed E-state index contributed by atoms with van der Waals surface area (Å²) in [5, 5.41) is 9.10. The molecule has 120 valence electrons. The van der Waals surface area contributed by atoms with Gasteiger partial charge in [0.2, 0.25) is 0 Å². The van der Waals surface area contributed by atoms with Crippen molar-refractivity contribution in [1.82, 2.24) is 10.2 Å². The summed E-state index contributed by atoms with van der Waals surface area (Å²) >= 11 is 0. The van der Waals surface area contributed by atoms with E-state index < -0.39 is 6.09 Å². The molecule has 1 aromatic carbocycles. The Morgan fingerprint density at radius 2 is 1.83 bits per heavy atom. The first kappa shape index (κ1) is 15.3. The number of hydrogen-bond donors (Lipinski definition) is 2. The largest absolute Gasteiger partial charge is 0.446 e. The number of nitrogens with one attached hydrogen (secondary N) is 2. The fourth-order valence-corrected chi connectivity index (χ4v) is 2.71. The zero-order chi connectivity index (χ0) is 16.1. The van der Waals surface area contributed by atoms with Gasteiger partial charge in [-0.3, -0.25) is 10.1 Å². The van der Waals surface area contributed by atoms with E-state index >= 15 is 0 Å². The van der Waals surface area contributed by atoms with E-state index in [0.717, 1.165) is 31.2 Å². The standard InChI is InChI=1S/C17H19N3O3/c21-16-11-10-15(19-20-16)12-6-8-13(9-7-12)18-17(22)23-14-4-2-1-3-5-14/h6-11,14H,1-5H2,(H,18,22)(H,20,21). The first-order chi connectivity index (χ1) is 11.2. The fraction of sp³-hybridized carbons (Fsp3) is 0.353. The third-order valence-electron chi connectivity index (χ3n) is 3.93. The number of benzene rings is 1. The van der Waals surface area contributed by atoms with Gasteiger partial charge in [0.25, 0.3) is 5.56 Å². The number of nitrogens with zero attached hydrogens (tertiary/aromatic N) is 1. The number of ether oxygens (including phenoxy) is 1. The second kappa shape index (κ2) is 7.09. The maximum absolute atomic E-state index is 11.9. The van der Waals surface area contributed by atoms with Gasteiger partial charge >= 0.3 is 6.09 Å². The molecule has 23 heavy (non-hydrogen) atoms. The van der Waals surface area contributed by atoms with Crippen LogP contribution in [0.3, 0.4) is 0 Å². The maximum Gasteiger partial charge on any atom is 0.411 e. The van der Waals surface area contributed by atoms with Gasteiger partial charge < -0.3 is 4.74 Å². The molecule has 2 N–H and O–H groups in total. The molecule has 0 unspecified atom stereocenters. The minimum absolute atomic E-state index is 0.0355. The molecule has 6 heteroatoms. The average molecular weight is 313 g/mol. The van der Waals surface area contributed by atoms with Crippen molar-refractivity contribution in [3.8, 4) is 11.3 Å². The molecule has 1 aliphatic rings. The number of H-pyrrole nitrogens is 1. The molecule has 1 heterocycles. The van der Waals surface area contributed by atoms with Crippen LogP contribution in [0.15, 0.2) is 41.2 Å². The SMILES string of the molecule is O=C(Nc1ccc(-c2ccc(=O)[nH]n2)cc1)OC1CCCCC1. The molecule has 0 aliphatic heterocycles. The van der Waals surface area contributed by atoms with Crippen LogP contribution < -0.4 is 10.9 Å². The molecule has 1 aliphatic carbocycles. The van der Waals surface area contributed by atoms with E-state index in [9.17, 15) is 9.59 Å². The van der Waals surface area contributed by atoms with E-state index in [1.54, 1.807) is 18.2 Å². The molecule has 0 saturated heterocycles. The summed E-state index contributed by atoms with van der Waals surface area (Å²) in [6, 6.07) is 10.3. The fourth-order valence-electron chi connectivity index (χ4n) is 2.71. The van der Waals surface area contributed by atoms with Crippen LogP contribution in [-0.2, 0) is 4.74 Å². The monoisotopic (exact) mass is 313 g/mol. The Balaban J connectivity index is 1.59. The summed E-state index contributed by atoms with van der Waals surface area (Å²) in [7, 11) is 0. The molecule has 1 fully saturated rings. The van der Waals surface area contributed by atoms with Crippen molar-refractivity contribution in [3.05, 3.63) is 46.8 Å². The summed E-state index contributed by atoms with van der Waals surface area (Å²) in [5.41, 5.74) is 1.95. The first-order valence-electron chi connectivity index (χ1n) is 7.84. The minimum Gasteiger partial charge on any atom is -0.446 e. The van der Waals surface area contributed by atoms with Crippen LogP contribution in [0.5, 0.6) is 0 Å². The number of carbonyl (C=O) groups is 1. The molecule has 3 rings (SSSR count). The number of carbonyl (C=O) groups excluding carboxylic acids is 1. The summed E-state index contributed by atoms with van der Waals surface area (Å²) in [6.45, 7) is 0. The first-order valence-corrected chi connectivity index (χ1v) is 7.84. The predicted molar refractivity (Wildman–Crippen MR) is 87.3 cm³/mol. The molecule has 1 saturated carbocycles. The van der Waals surface area contributed by atoms with Crippen molar-refractivity contribution in [2.45, 2.75) is 38.2 Å². The lowest BCUT2D eigenvalue weighted by Crippen LogP contribution is -2.24. The van der Waals surface area contributed by atoms with Crippen molar-refractivity contribution in [2.75, 3.05) is 5.32 Å². The quantitative estimate of drug-likeness (QED) is 0.910. The zero-order valence-electron chi connectivity index (χ0n) is 12.7. The summed E-state index contributed by atoms with van der Waals surface area (Å²) in [4.78, 5) is 22.9. The smallest absolute Gasteiger partial charge is 0.411 e. The molecule has 1 amide bonds. The Kier molecular flexibility index (Phi) is 4.71. The molecule has 0 atom stereocenters. The van der Waals surface area contributed by atoms with E-state index in [0.29, 0.717) is 11.4 Å². The number of rotatable bonds is 3. The second-order valence-electron chi connectivity index (χ2n) is 5.67. The number of aromatic nitrogens is 2. The molecule has 0 spiro atoms. The average Bonchev–Trinajstić information content (AvgIpc) is 2.57. The van der Waals surface area contributed by atoms with Crippen LogP contribution in [-0.4, -0.2) is 22.4 Å². The van der Waals surface area contributed by atoms with Crippen LogP contribution >= 0.6 is 0 Å². The number of hydrogen-bond acceptors (Lipinski definition) is 4. The number of anilines is 1. The topological polar surface area (TPSA) is 84.1 Å². The molecule has 1 aromatic heterocycles. The molecule has 0 bridgehead atoms. The molecular formula is C17H19N3O3. The second-order valence-corrected chi connectivity index (χ2v) is 5.67. The maximum atomic E-state index is 11.9. The van der Waals surface area contributed by atoms with E-state index in [-0.39, 0.29) is 11.7 Å². The molecule has 0 radical (unpaired) electrons. The summed E-state index contributed by atoms with van der Waals surface area (Å²) in [6.07, 6.45) is 4.99. The van der Waals surface area contributed by atoms with Gasteiger partial charge in [0, 0.05) is 17.3 Å². The Labute approximate surface area is 133 Å². The molecule has 6 nitrogen and oxygen atoms in total. The Hall–Kier alpha value is -2.63. The van der Waals surface area contributed by atoms with Gasteiger partial charge in [-0.2, -0.15) is 5.10 Å². The van der Waals surface area contributed by atoms with E-state index in [2.05, 4.69) is 15.5 Å². The van der Waals surface area contributed by atoms with Gasteiger partial charge in [-0.1, -0.05) is 18.6 Å². The number of amides is 1. The Bertz CT molecular complexity index is 698. The van der Waals surface area contributed by atoms with Crippen molar-refractivity contribution >= 4 is 11.8 Å². The van der Waals surface area contributed by atoms with E-state index in [1.165, 1.54) is 12.5 Å². The van der Waals surface area contributed by atoms with Crippen LogP contribution in [0.2, 0.25) is 0 Å². The Morgan fingerprint density at radius 1 is 1.09 bits per heavy atom.